The molecule has 2 saturated carbocycles. The Hall–Kier alpha value is -4.29. The fourth-order valence-corrected chi connectivity index (χ4v) is 5.60. The van der Waals surface area contributed by atoms with Crippen molar-refractivity contribution >= 4 is 10.9 Å². The molecule has 2 fully saturated rings. The van der Waals surface area contributed by atoms with Gasteiger partial charge in [-0.2, -0.15) is 8.78 Å². The highest BCUT2D eigenvalue weighted by molar-refractivity contribution is 5.85. The van der Waals surface area contributed by atoms with E-state index in [1.807, 2.05) is 6.07 Å². The third kappa shape index (κ3) is 6.46. The molecular weight excluding hydrogens is 576 g/mol. The van der Waals surface area contributed by atoms with Crippen molar-refractivity contribution in [3.8, 4) is 28.2 Å². The Morgan fingerprint density at radius 2 is 1.68 bits per heavy atom. The van der Waals surface area contributed by atoms with Crippen LogP contribution in [0, 0.1) is 11.6 Å². The largest absolute Gasteiger partial charge is 0.400 e. The maximum Gasteiger partial charge on any atom is 0.321 e. The Morgan fingerprint density at radius 3 is 2.32 bits per heavy atom. The van der Waals surface area contributed by atoms with Crippen LogP contribution in [0.25, 0.3) is 39.1 Å². The highest BCUT2D eigenvalue weighted by Crippen LogP contribution is 2.43. The van der Waals surface area contributed by atoms with Gasteiger partial charge in [0.25, 0.3) is 5.56 Å². The van der Waals surface area contributed by atoms with Crippen molar-refractivity contribution in [3.63, 3.8) is 0 Å². The number of hydrogen-bond donors (Lipinski definition) is 3. The van der Waals surface area contributed by atoms with Gasteiger partial charge in [0.05, 0.1) is 5.69 Å². The lowest BCUT2D eigenvalue weighted by Gasteiger charge is -2.14. The molecule has 0 saturated heterocycles. The summed E-state index contributed by atoms with van der Waals surface area (Å²) in [5.41, 5.74) is 8.19. The van der Waals surface area contributed by atoms with E-state index < -0.39 is 18.2 Å². The summed E-state index contributed by atoms with van der Waals surface area (Å²) in [6, 6.07) is 9.37. The van der Waals surface area contributed by atoms with Gasteiger partial charge in [0.1, 0.15) is 23.5 Å². The number of nitrogens with one attached hydrogen (secondary N) is 1. The summed E-state index contributed by atoms with van der Waals surface area (Å²) in [6.07, 6.45) is 12.0. The lowest BCUT2D eigenvalue weighted by Crippen LogP contribution is -2.19. The summed E-state index contributed by atoms with van der Waals surface area (Å²) < 4.78 is 58.1. The monoisotopic (exact) mass is 610 g/mol. The number of rotatable bonds is 6. The molecule has 0 aliphatic heterocycles. The number of aliphatic hydroxyl groups is 1. The zero-order valence-corrected chi connectivity index (χ0v) is 24.2. The van der Waals surface area contributed by atoms with Crippen LogP contribution in [0.4, 0.5) is 17.6 Å². The summed E-state index contributed by atoms with van der Waals surface area (Å²) in [6.45, 7) is -2.73. The fourth-order valence-electron chi connectivity index (χ4n) is 5.60. The standard InChI is InChI=1S/C26H20F4N6O.C5H10.CH4O/c27-15-3-4-19(21(8-15)24-34-32-12-36(24)26(29)30)14-5-16(28)7-18(6-14)35-11-22(13-1-2-13)20-9-17(10-31)33-23(20)25(35)37;1-2-4-5-3-1;1-2/h3-9,11-13,26,33H,1-2,10,31H2;1-5H2;2H,1H3. The summed E-state index contributed by atoms with van der Waals surface area (Å²) >= 11 is 0. The number of fused-ring (bicyclic) bond motifs is 1. The van der Waals surface area contributed by atoms with Gasteiger partial charge in [0.2, 0.25) is 0 Å². The molecule has 2 aliphatic carbocycles. The first-order valence-corrected chi connectivity index (χ1v) is 14.5. The Morgan fingerprint density at radius 1 is 0.977 bits per heavy atom. The summed E-state index contributed by atoms with van der Waals surface area (Å²) in [7, 11) is 1.00. The van der Waals surface area contributed by atoms with Crippen LogP contribution in [0.15, 0.2) is 59.8 Å². The number of nitrogens with zero attached hydrogens (tertiary/aromatic N) is 4. The van der Waals surface area contributed by atoms with E-state index in [0.717, 1.165) is 49.4 Å². The molecule has 12 heteroatoms. The van der Waals surface area contributed by atoms with Crippen LogP contribution in [0.5, 0.6) is 0 Å². The van der Waals surface area contributed by atoms with Crippen LogP contribution in [0.2, 0.25) is 0 Å². The summed E-state index contributed by atoms with van der Waals surface area (Å²) in [5, 5.41) is 15.1. The summed E-state index contributed by atoms with van der Waals surface area (Å²) in [4.78, 5) is 16.5. The maximum absolute atomic E-state index is 15.0. The number of aromatic amines is 1. The lowest BCUT2D eigenvalue weighted by molar-refractivity contribution is 0.0716. The molecular formula is C32H34F4N6O2. The van der Waals surface area contributed by atoms with Gasteiger partial charge in [-0.1, -0.05) is 38.2 Å². The van der Waals surface area contributed by atoms with Crippen LogP contribution >= 0.6 is 0 Å². The number of aliphatic hydroxyl groups excluding tert-OH is 1. The van der Waals surface area contributed by atoms with Crippen LogP contribution in [0.3, 0.4) is 0 Å². The minimum atomic E-state index is -2.96. The Labute approximate surface area is 251 Å². The predicted octanol–water partition coefficient (Wildman–Crippen LogP) is 6.81. The first kappa shape index (κ1) is 31.1. The van der Waals surface area contributed by atoms with Gasteiger partial charge in [-0.05, 0) is 71.8 Å². The van der Waals surface area contributed by atoms with Gasteiger partial charge < -0.3 is 15.8 Å². The van der Waals surface area contributed by atoms with E-state index in [1.54, 1.807) is 12.3 Å². The molecule has 44 heavy (non-hydrogen) atoms. The highest BCUT2D eigenvalue weighted by atomic mass is 19.3. The topological polar surface area (TPSA) is 115 Å². The maximum atomic E-state index is 15.0. The zero-order valence-electron chi connectivity index (χ0n) is 24.2. The minimum absolute atomic E-state index is 0.00720. The molecule has 4 N–H and O–H groups in total. The van der Waals surface area contributed by atoms with E-state index in [-0.39, 0.29) is 46.2 Å². The van der Waals surface area contributed by atoms with E-state index in [2.05, 4.69) is 15.2 Å². The molecule has 0 bridgehead atoms. The Kier molecular flexibility index (Phi) is 9.60. The Balaban J connectivity index is 0.000000492. The first-order chi connectivity index (χ1) is 21.3. The van der Waals surface area contributed by atoms with E-state index in [9.17, 15) is 22.4 Å². The zero-order chi connectivity index (χ0) is 31.4. The van der Waals surface area contributed by atoms with Gasteiger partial charge >= 0.3 is 6.55 Å². The number of pyridine rings is 1. The highest BCUT2D eigenvalue weighted by Gasteiger charge is 2.28. The molecule has 0 atom stereocenters. The van der Waals surface area contributed by atoms with Gasteiger partial charge in [-0.25, -0.2) is 8.78 Å². The molecule has 2 aliphatic rings. The van der Waals surface area contributed by atoms with Crippen molar-refractivity contribution in [2.75, 3.05) is 7.11 Å². The second-order valence-electron chi connectivity index (χ2n) is 10.8. The molecule has 3 heterocycles. The smallest absolute Gasteiger partial charge is 0.321 e. The molecule has 7 rings (SSSR count). The van der Waals surface area contributed by atoms with Crippen LogP contribution in [-0.2, 0) is 6.54 Å². The fraction of sp³-hybridized carbons (Fsp3) is 0.344. The normalized spacial score (nSPS) is 14.4. The number of nitrogens with two attached hydrogens (primary N) is 1. The molecule has 0 radical (unpaired) electrons. The second-order valence-corrected chi connectivity index (χ2v) is 10.8. The average Bonchev–Trinajstić information content (AvgIpc) is 3.43. The number of H-pyrrole nitrogens is 1. The van der Waals surface area contributed by atoms with E-state index in [4.69, 9.17) is 10.8 Å². The Bertz CT molecular complexity index is 1800. The van der Waals surface area contributed by atoms with Crippen LogP contribution in [0.1, 0.15) is 68.7 Å². The van der Waals surface area contributed by atoms with Crippen molar-refractivity contribution < 1.29 is 22.7 Å². The molecule has 8 nitrogen and oxygen atoms in total. The van der Waals surface area contributed by atoms with Crippen molar-refractivity contribution in [3.05, 3.63) is 88.2 Å². The third-order valence-corrected chi connectivity index (χ3v) is 7.85. The van der Waals surface area contributed by atoms with Gasteiger partial charge in [0.15, 0.2) is 5.82 Å². The predicted molar refractivity (Wildman–Crippen MR) is 161 cm³/mol. The molecule has 0 unspecified atom stereocenters. The van der Waals surface area contributed by atoms with Gasteiger partial charge in [-0.3, -0.25) is 13.9 Å². The molecule has 3 aromatic heterocycles. The first-order valence-electron chi connectivity index (χ1n) is 14.5. The number of alkyl halides is 2. The SMILES string of the molecule is C1CCCC1.CO.NCc1cc2c(C3CC3)cn(-c3cc(F)cc(-c4ccc(F)cc4-c4nncn4C(F)F)c3)c(=O)c2[nH]1. The van der Waals surface area contributed by atoms with Crippen molar-refractivity contribution in [1.29, 1.82) is 0 Å². The van der Waals surface area contributed by atoms with Crippen molar-refractivity contribution in [2.45, 2.75) is 64.0 Å². The number of hydrogen-bond acceptors (Lipinski definition) is 5. The molecule has 5 aromatic rings. The summed E-state index contributed by atoms with van der Waals surface area (Å²) in [5.74, 6) is -1.33. The van der Waals surface area contributed by atoms with Crippen molar-refractivity contribution in [2.24, 2.45) is 5.73 Å². The average molecular weight is 611 g/mol. The second kappa shape index (κ2) is 13.6. The van der Waals surface area contributed by atoms with Crippen LogP contribution in [-0.4, -0.2) is 36.5 Å². The molecule has 0 amide bonds. The molecule has 232 valence electrons. The lowest BCUT2D eigenvalue weighted by atomic mass is 9.98. The van der Waals surface area contributed by atoms with Crippen LogP contribution < -0.4 is 11.3 Å². The van der Waals surface area contributed by atoms with E-state index in [0.29, 0.717) is 15.8 Å². The van der Waals surface area contributed by atoms with Gasteiger partial charge in [-0.15, -0.1) is 10.2 Å². The minimum Gasteiger partial charge on any atom is -0.400 e. The number of aromatic nitrogens is 5. The van der Waals surface area contributed by atoms with E-state index >= 15 is 0 Å². The van der Waals surface area contributed by atoms with Gasteiger partial charge in [0, 0.05) is 36.5 Å². The number of halogens is 4. The quantitative estimate of drug-likeness (QED) is 0.183. The third-order valence-electron chi connectivity index (χ3n) is 7.85. The molecule has 2 aromatic carbocycles. The molecule has 0 spiro atoms. The number of benzene rings is 2. The van der Waals surface area contributed by atoms with E-state index in [1.165, 1.54) is 54.9 Å². The van der Waals surface area contributed by atoms with Crippen molar-refractivity contribution in [1.82, 2.24) is 24.3 Å².